The van der Waals surface area contributed by atoms with Gasteiger partial charge in [0.2, 0.25) is 0 Å². The average molecular weight is 419 g/mol. The molecule has 5 nitrogen and oxygen atoms in total. The van der Waals surface area contributed by atoms with E-state index >= 15 is 0 Å². The van der Waals surface area contributed by atoms with Crippen molar-refractivity contribution in [1.82, 2.24) is 4.90 Å². The summed E-state index contributed by atoms with van der Waals surface area (Å²) < 4.78 is 5.57. The Kier molecular flexibility index (Phi) is 7.23. The van der Waals surface area contributed by atoms with Crippen molar-refractivity contribution in [1.29, 1.82) is 0 Å². The molecule has 1 heterocycles. The Bertz CT molecular complexity index is 912. The summed E-state index contributed by atoms with van der Waals surface area (Å²) >= 11 is 12.3. The van der Waals surface area contributed by atoms with E-state index in [1.165, 1.54) is 0 Å². The van der Waals surface area contributed by atoms with E-state index in [4.69, 9.17) is 33.0 Å². The second-order valence-electron chi connectivity index (χ2n) is 6.36. The third kappa shape index (κ3) is 5.42. The number of carbonyl (C=O) groups is 1. The lowest BCUT2D eigenvalue weighted by atomic mass is 10.0. The summed E-state index contributed by atoms with van der Waals surface area (Å²) in [5, 5.41) is 10.2. The van der Waals surface area contributed by atoms with Crippen molar-refractivity contribution >= 4 is 35.4 Å². The summed E-state index contributed by atoms with van der Waals surface area (Å²) in [4.78, 5) is 17.3. The third-order valence-corrected chi connectivity index (χ3v) is 4.90. The summed E-state index contributed by atoms with van der Waals surface area (Å²) in [5.41, 5.74) is 3.17. The van der Waals surface area contributed by atoms with Gasteiger partial charge in [0.15, 0.2) is 0 Å². The SMILES string of the molecule is O=C(O)C1=CCCN(COC/N=C/c2ccccc2-c2ccc(Cl)cc2Cl)C1. The largest absolute Gasteiger partial charge is 0.478 e. The molecule has 1 aliphatic rings. The molecule has 28 heavy (non-hydrogen) atoms. The first-order valence-corrected chi connectivity index (χ1v) is 9.57. The van der Waals surface area contributed by atoms with Crippen LogP contribution in [-0.2, 0) is 9.53 Å². The molecule has 0 atom stereocenters. The zero-order valence-corrected chi connectivity index (χ0v) is 16.7. The highest BCUT2D eigenvalue weighted by molar-refractivity contribution is 6.36. The van der Waals surface area contributed by atoms with Gasteiger partial charge in [0.1, 0.15) is 13.5 Å². The van der Waals surface area contributed by atoms with Crippen LogP contribution in [-0.4, -0.2) is 48.7 Å². The predicted octanol–water partition coefficient (Wildman–Crippen LogP) is 4.73. The minimum Gasteiger partial charge on any atom is -0.478 e. The van der Waals surface area contributed by atoms with E-state index in [0.29, 0.717) is 35.3 Å². The highest BCUT2D eigenvalue weighted by Gasteiger charge is 2.16. The first-order chi connectivity index (χ1) is 13.5. The fraction of sp³-hybridized carbons (Fsp3) is 0.238. The summed E-state index contributed by atoms with van der Waals surface area (Å²) in [6.45, 7) is 1.69. The van der Waals surface area contributed by atoms with Gasteiger partial charge in [-0.25, -0.2) is 4.79 Å². The van der Waals surface area contributed by atoms with Crippen LogP contribution in [0.1, 0.15) is 12.0 Å². The van der Waals surface area contributed by atoms with Gasteiger partial charge in [-0.3, -0.25) is 9.89 Å². The number of rotatable bonds is 7. The monoisotopic (exact) mass is 418 g/mol. The Labute approximate surface area is 173 Å². The van der Waals surface area contributed by atoms with Crippen molar-refractivity contribution < 1.29 is 14.6 Å². The lowest BCUT2D eigenvalue weighted by Gasteiger charge is -2.24. The molecule has 0 fully saturated rings. The molecule has 0 saturated heterocycles. The number of ether oxygens (including phenoxy) is 1. The fourth-order valence-electron chi connectivity index (χ4n) is 2.99. The molecule has 2 aromatic rings. The number of hydrogen-bond donors (Lipinski definition) is 1. The van der Waals surface area contributed by atoms with E-state index < -0.39 is 5.97 Å². The Morgan fingerprint density at radius 1 is 1.21 bits per heavy atom. The van der Waals surface area contributed by atoms with Crippen LogP contribution in [0.2, 0.25) is 10.0 Å². The van der Waals surface area contributed by atoms with Gasteiger partial charge in [0.05, 0.1) is 0 Å². The van der Waals surface area contributed by atoms with Crippen LogP contribution in [0.25, 0.3) is 11.1 Å². The molecule has 0 radical (unpaired) electrons. The molecule has 0 aromatic heterocycles. The first-order valence-electron chi connectivity index (χ1n) is 8.81. The van der Waals surface area contributed by atoms with Crippen molar-refractivity contribution in [3.8, 4) is 11.1 Å². The molecule has 0 saturated carbocycles. The zero-order valence-electron chi connectivity index (χ0n) is 15.1. The van der Waals surface area contributed by atoms with Crippen LogP contribution >= 0.6 is 23.2 Å². The minimum atomic E-state index is -0.875. The number of carboxylic acid groups (broad SMARTS) is 1. The second kappa shape index (κ2) is 9.85. The van der Waals surface area contributed by atoms with Crippen LogP contribution in [0.15, 0.2) is 59.1 Å². The van der Waals surface area contributed by atoms with Gasteiger partial charge in [-0.2, -0.15) is 0 Å². The molecule has 146 valence electrons. The van der Waals surface area contributed by atoms with E-state index in [9.17, 15) is 4.79 Å². The van der Waals surface area contributed by atoms with E-state index in [0.717, 1.165) is 23.2 Å². The smallest absolute Gasteiger partial charge is 0.332 e. The normalized spacial score (nSPS) is 15.0. The molecule has 3 rings (SSSR count). The van der Waals surface area contributed by atoms with E-state index in [1.54, 1.807) is 24.4 Å². The van der Waals surface area contributed by atoms with Crippen LogP contribution in [0, 0.1) is 0 Å². The number of aliphatic imine (C=N–C) groups is 1. The van der Waals surface area contributed by atoms with Gasteiger partial charge >= 0.3 is 5.97 Å². The molecule has 1 N–H and O–H groups in total. The Hall–Kier alpha value is -2.18. The maximum Gasteiger partial charge on any atom is 0.332 e. The summed E-state index contributed by atoms with van der Waals surface area (Å²) in [7, 11) is 0. The van der Waals surface area contributed by atoms with Gasteiger partial charge in [0.25, 0.3) is 0 Å². The Morgan fingerprint density at radius 2 is 2.04 bits per heavy atom. The van der Waals surface area contributed by atoms with Crippen molar-refractivity contribution in [3.05, 3.63) is 69.7 Å². The Morgan fingerprint density at radius 3 is 2.82 bits per heavy atom. The molecule has 7 heteroatoms. The number of benzene rings is 2. The molecular formula is C21H20Cl2N2O3. The zero-order chi connectivity index (χ0) is 19.9. The number of nitrogens with zero attached hydrogens (tertiary/aromatic N) is 2. The summed E-state index contributed by atoms with van der Waals surface area (Å²) in [6.07, 6.45) is 4.22. The average Bonchev–Trinajstić information content (AvgIpc) is 2.68. The third-order valence-electron chi connectivity index (χ3n) is 4.36. The fourth-order valence-corrected chi connectivity index (χ4v) is 3.50. The van der Waals surface area contributed by atoms with Crippen molar-refractivity contribution in [3.63, 3.8) is 0 Å². The lowest BCUT2D eigenvalue weighted by molar-refractivity contribution is -0.133. The highest BCUT2D eigenvalue weighted by atomic mass is 35.5. The van der Waals surface area contributed by atoms with Crippen molar-refractivity contribution in [2.75, 3.05) is 26.6 Å². The molecule has 0 aliphatic carbocycles. The number of aliphatic carboxylic acids is 1. The molecule has 2 aromatic carbocycles. The number of halogens is 2. The second-order valence-corrected chi connectivity index (χ2v) is 7.20. The predicted molar refractivity (Wildman–Crippen MR) is 112 cm³/mol. The topological polar surface area (TPSA) is 62.1 Å². The van der Waals surface area contributed by atoms with Gasteiger partial charge in [-0.1, -0.05) is 59.6 Å². The quantitative estimate of drug-likeness (QED) is 0.521. The van der Waals surface area contributed by atoms with Crippen molar-refractivity contribution in [2.24, 2.45) is 4.99 Å². The maximum absolute atomic E-state index is 11.0. The molecule has 0 unspecified atom stereocenters. The Balaban J connectivity index is 1.58. The van der Waals surface area contributed by atoms with Gasteiger partial charge in [-0.15, -0.1) is 0 Å². The van der Waals surface area contributed by atoms with Crippen LogP contribution in [0.3, 0.4) is 0 Å². The van der Waals surface area contributed by atoms with Gasteiger partial charge in [0, 0.05) is 46.0 Å². The van der Waals surface area contributed by atoms with E-state index in [-0.39, 0.29) is 6.73 Å². The highest BCUT2D eigenvalue weighted by Crippen LogP contribution is 2.31. The summed E-state index contributed by atoms with van der Waals surface area (Å²) in [5.74, 6) is -0.875. The number of carboxylic acids is 1. The summed E-state index contributed by atoms with van der Waals surface area (Å²) in [6, 6.07) is 13.2. The molecule has 0 amide bonds. The van der Waals surface area contributed by atoms with Gasteiger partial charge in [-0.05, 0) is 24.1 Å². The first kappa shape index (κ1) is 20.6. The van der Waals surface area contributed by atoms with E-state index in [1.807, 2.05) is 35.2 Å². The van der Waals surface area contributed by atoms with Crippen LogP contribution in [0.5, 0.6) is 0 Å². The standard InChI is InChI=1S/C21H20Cl2N2O3/c22-17-7-8-19(20(23)10-17)18-6-2-1-4-15(18)11-24-13-28-14-25-9-3-5-16(12-25)21(26)27/h1-2,4-8,10-11H,3,9,12-14H2,(H,26,27)/b24-11+. The number of hydrogen-bond acceptors (Lipinski definition) is 4. The molecule has 0 bridgehead atoms. The minimum absolute atomic E-state index is 0.186. The maximum atomic E-state index is 11.0. The lowest BCUT2D eigenvalue weighted by Crippen LogP contribution is -2.34. The molecule has 1 aliphatic heterocycles. The van der Waals surface area contributed by atoms with Crippen LogP contribution in [0.4, 0.5) is 0 Å². The molecular weight excluding hydrogens is 399 g/mol. The van der Waals surface area contributed by atoms with E-state index in [2.05, 4.69) is 4.99 Å². The molecule has 0 spiro atoms. The van der Waals surface area contributed by atoms with Gasteiger partial charge < -0.3 is 9.84 Å². The van der Waals surface area contributed by atoms with Crippen LogP contribution < -0.4 is 0 Å². The van der Waals surface area contributed by atoms with Crippen molar-refractivity contribution in [2.45, 2.75) is 6.42 Å².